The topological polar surface area (TPSA) is 304 Å². The first kappa shape index (κ1) is 50.0. The Kier molecular flexibility index (Phi) is 14.3. The summed E-state index contributed by atoms with van der Waals surface area (Å²) in [5.74, 6) is -2.64. The van der Waals surface area contributed by atoms with Crippen LogP contribution in [0, 0.1) is 41.5 Å². The Morgan fingerprint density at radius 3 is 1.90 bits per heavy atom. The third-order valence-corrected chi connectivity index (χ3v) is 13.1. The third kappa shape index (κ3) is 10.3. The predicted molar refractivity (Wildman–Crippen MR) is 248 cm³/mol. The first-order valence-electron chi connectivity index (χ1n) is 20.2. The SMILES string of the molecule is Cc1cc(C)c(Nc2ccc3c(-c4ccccc4S(=O)(=O)O)c4ccc(=Nc5c(C)c(NC(=O)N(CC(=O)OO)CC(=O)OO)c(C)c(S(=O)(=O)O)c5C)cc-4oc3c2)c(C)c1NC(=O)N(C)C. The molecule has 68 heavy (non-hydrogen) atoms. The summed E-state index contributed by atoms with van der Waals surface area (Å²) in [6.45, 7) is 7.68. The Bertz CT molecular complexity index is 3310. The smallest absolute Gasteiger partial charge is 0.361 e. The number of anilines is 4. The van der Waals surface area contributed by atoms with E-state index in [1.807, 2.05) is 26.8 Å². The van der Waals surface area contributed by atoms with Crippen LogP contribution in [0.5, 0.6) is 0 Å². The van der Waals surface area contributed by atoms with Crippen molar-refractivity contribution in [3.63, 3.8) is 0 Å². The van der Waals surface area contributed by atoms with E-state index in [1.54, 1.807) is 44.4 Å². The van der Waals surface area contributed by atoms with E-state index in [-0.39, 0.29) is 61.3 Å². The van der Waals surface area contributed by atoms with Crippen molar-refractivity contribution in [2.75, 3.05) is 43.1 Å². The maximum Gasteiger partial charge on any atom is 0.361 e. The minimum atomic E-state index is -5.03. The van der Waals surface area contributed by atoms with Gasteiger partial charge in [0.25, 0.3) is 20.2 Å². The zero-order valence-corrected chi connectivity index (χ0v) is 39.3. The second-order valence-electron chi connectivity index (χ2n) is 15.9. The van der Waals surface area contributed by atoms with E-state index < -0.39 is 56.2 Å². The minimum absolute atomic E-state index is 0.0507. The highest BCUT2D eigenvalue weighted by atomic mass is 32.2. The highest BCUT2D eigenvalue weighted by Gasteiger charge is 2.29. The van der Waals surface area contributed by atoms with E-state index in [9.17, 15) is 45.1 Å². The van der Waals surface area contributed by atoms with Gasteiger partial charge >= 0.3 is 24.0 Å². The van der Waals surface area contributed by atoms with Gasteiger partial charge < -0.3 is 30.2 Å². The summed E-state index contributed by atoms with van der Waals surface area (Å²) < 4.78 is 78.7. The number of nitrogens with zero attached hydrogens (tertiary/aromatic N) is 3. The molecule has 0 spiro atoms. The fourth-order valence-electron chi connectivity index (χ4n) is 7.96. The lowest BCUT2D eigenvalue weighted by molar-refractivity contribution is -0.238. The lowest BCUT2D eigenvalue weighted by Crippen LogP contribution is -2.43. The summed E-state index contributed by atoms with van der Waals surface area (Å²) in [6, 6.07) is 15.9. The second kappa shape index (κ2) is 19.4. The molecule has 23 heteroatoms. The third-order valence-electron chi connectivity index (χ3n) is 11.0. The van der Waals surface area contributed by atoms with Gasteiger partial charge in [0.1, 0.15) is 34.2 Å². The molecule has 358 valence electrons. The van der Waals surface area contributed by atoms with Gasteiger partial charge in [-0.3, -0.25) is 18.9 Å². The van der Waals surface area contributed by atoms with Gasteiger partial charge in [-0.05, 0) is 105 Å². The molecule has 0 aromatic heterocycles. The Morgan fingerprint density at radius 2 is 1.29 bits per heavy atom. The molecule has 21 nitrogen and oxygen atoms in total. The summed E-state index contributed by atoms with van der Waals surface area (Å²) in [5.41, 5.74) is 5.02. The number of hydrogen-bond acceptors (Lipinski definition) is 15. The largest absolute Gasteiger partial charge is 0.456 e. The molecule has 0 saturated heterocycles. The Morgan fingerprint density at radius 1 is 0.676 bits per heavy atom. The van der Waals surface area contributed by atoms with Crippen LogP contribution in [0.1, 0.15) is 33.4 Å². The van der Waals surface area contributed by atoms with Crippen LogP contribution in [0.15, 0.2) is 85.9 Å². The summed E-state index contributed by atoms with van der Waals surface area (Å²) in [7, 11) is -6.55. The lowest BCUT2D eigenvalue weighted by atomic mass is 9.93. The number of carbonyl (C=O) groups excluding carboxylic acids is 4. The molecule has 1 heterocycles. The van der Waals surface area contributed by atoms with E-state index in [1.165, 1.54) is 56.0 Å². The van der Waals surface area contributed by atoms with Gasteiger partial charge in [0.2, 0.25) is 0 Å². The first-order valence-corrected chi connectivity index (χ1v) is 23.1. The standard InChI is InChI=1S/C45H46N6O15S2/c1-22-17-23(2)40(48-44(54)50(7)8)24(3)39(22)46-28-13-15-30-33(18-28)64-34-19-29(14-16-31(34)38(30)32-11-9-10-12-35(32)67(58,59)60)47-41-25(4)42(27(6)43(26(41)5)68(61,62)63)49-45(55)51(20-36(52)65-56)21-37(53)66-57/h9-19,46,56-57H,20-21H2,1-8H3,(H,48,54)(H,49,55)(H,58,59,60)(H,61,62,63). The molecule has 0 unspecified atom stereocenters. The van der Waals surface area contributed by atoms with Crippen LogP contribution in [-0.2, 0) is 39.6 Å². The van der Waals surface area contributed by atoms with Crippen molar-refractivity contribution in [2.45, 2.75) is 51.3 Å². The molecule has 7 N–H and O–H groups in total. The van der Waals surface area contributed by atoms with Crippen molar-refractivity contribution in [2.24, 2.45) is 4.99 Å². The van der Waals surface area contributed by atoms with E-state index >= 15 is 0 Å². The highest BCUT2D eigenvalue weighted by Crippen LogP contribution is 2.44. The van der Waals surface area contributed by atoms with Gasteiger partial charge in [0, 0.05) is 59.7 Å². The van der Waals surface area contributed by atoms with Crippen LogP contribution in [0.3, 0.4) is 0 Å². The normalized spacial score (nSPS) is 11.9. The molecule has 0 atom stereocenters. The fraction of sp³-hybridized carbons (Fsp3) is 0.222. The predicted octanol–water partition coefficient (Wildman–Crippen LogP) is 7.48. The lowest BCUT2D eigenvalue weighted by Gasteiger charge is -2.23. The van der Waals surface area contributed by atoms with Crippen LogP contribution >= 0.6 is 0 Å². The van der Waals surface area contributed by atoms with E-state index in [2.05, 4.69) is 25.7 Å². The zero-order valence-electron chi connectivity index (χ0n) is 37.7. The molecule has 1 aliphatic carbocycles. The van der Waals surface area contributed by atoms with Gasteiger partial charge in [0.05, 0.1) is 22.4 Å². The van der Waals surface area contributed by atoms with Crippen LogP contribution in [0.4, 0.5) is 38.0 Å². The van der Waals surface area contributed by atoms with Crippen molar-refractivity contribution in [3.05, 3.63) is 105 Å². The molecule has 4 aromatic rings. The number of rotatable bonds is 12. The van der Waals surface area contributed by atoms with Crippen molar-refractivity contribution in [1.29, 1.82) is 0 Å². The molecule has 6 rings (SSSR count). The van der Waals surface area contributed by atoms with Crippen molar-refractivity contribution >= 4 is 83.6 Å². The molecular formula is C45H46N6O15S2. The second-order valence-corrected chi connectivity index (χ2v) is 18.7. The van der Waals surface area contributed by atoms with Crippen molar-refractivity contribution < 1.29 is 69.8 Å². The summed E-state index contributed by atoms with van der Waals surface area (Å²) >= 11 is 0. The monoisotopic (exact) mass is 974 g/mol. The average molecular weight is 975 g/mol. The Balaban J connectivity index is 1.58. The summed E-state index contributed by atoms with van der Waals surface area (Å²) in [5, 5.41) is 26.9. The average Bonchev–Trinajstić information content (AvgIpc) is 3.27. The molecule has 4 amide bonds. The number of carbonyl (C=O) groups is 4. The molecule has 4 aromatic carbocycles. The van der Waals surface area contributed by atoms with Gasteiger partial charge in [-0.25, -0.2) is 24.2 Å². The van der Waals surface area contributed by atoms with E-state index in [4.69, 9.17) is 19.9 Å². The highest BCUT2D eigenvalue weighted by molar-refractivity contribution is 7.86. The minimum Gasteiger partial charge on any atom is -0.456 e. The Hall–Kier alpha value is -7.41. The molecule has 1 aliphatic heterocycles. The Labute approximate surface area is 389 Å². The van der Waals surface area contributed by atoms with Crippen molar-refractivity contribution in [3.8, 4) is 22.5 Å². The molecule has 0 bridgehead atoms. The van der Waals surface area contributed by atoms with Gasteiger partial charge in [-0.1, -0.05) is 24.3 Å². The first-order chi connectivity index (χ1) is 31.9. The quantitative estimate of drug-likeness (QED) is 0.0270. The van der Waals surface area contributed by atoms with Gasteiger partial charge in [-0.15, -0.1) is 0 Å². The van der Waals surface area contributed by atoms with Crippen molar-refractivity contribution in [1.82, 2.24) is 9.80 Å². The number of amides is 4. The van der Waals surface area contributed by atoms with E-state index in [0.717, 1.165) is 16.7 Å². The van der Waals surface area contributed by atoms with E-state index in [0.29, 0.717) is 38.5 Å². The number of aryl methyl sites for hydroxylation is 2. The maximum absolute atomic E-state index is 13.5. The maximum atomic E-state index is 13.5. The van der Waals surface area contributed by atoms with Gasteiger partial charge in [0.15, 0.2) is 0 Å². The molecular weight excluding hydrogens is 929 g/mol. The zero-order chi connectivity index (χ0) is 50.2. The van der Waals surface area contributed by atoms with Crippen LogP contribution in [-0.4, -0.2) is 97.4 Å². The van der Waals surface area contributed by atoms with Gasteiger partial charge in [-0.2, -0.15) is 27.4 Å². The summed E-state index contributed by atoms with van der Waals surface area (Å²) in [4.78, 5) is 62.7. The fourth-order valence-corrected chi connectivity index (χ4v) is 9.63. The summed E-state index contributed by atoms with van der Waals surface area (Å²) in [6.07, 6.45) is 0. The number of fused-ring (bicyclic) bond motifs is 2. The van der Waals surface area contributed by atoms with Crippen LogP contribution in [0.25, 0.3) is 33.4 Å². The number of hydrogen-bond donors (Lipinski definition) is 7. The molecule has 0 fully saturated rings. The molecule has 2 aliphatic rings. The molecule has 0 saturated carbocycles. The van der Waals surface area contributed by atoms with Crippen LogP contribution in [0.2, 0.25) is 0 Å². The number of benzene rings is 5. The number of urea groups is 2. The molecule has 0 radical (unpaired) electrons. The van der Waals surface area contributed by atoms with Crippen LogP contribution < -0.4 is 21.3 Å². The number of nitrogens with one attached hydrogen (secondary N) is 3.